The molecule has 1 aromatic heterocycles. The van der Waals surface area contributed by atoms with Crippen LogP contribution in [0.3, 0.4) is 0 Å². The molecule has 2 heterocycles. The zero-order valence-electron chi connectivity index (χ0n) is 20.5. The Morgan fingerprint density at radius 3 is 2.23 bits per heavy atom. The molecule has 0 unspecified atom stereocenters. The molecule has 0 fully saturated rings. The van der Waals surface area contributed by atoms with Crippen molar-refractivity contribution in [1.82, 2.24) is 4.98 Å². The Balaban J connectivity index is 1.75. The highest BCUT2D eigenvalue weighted by atomic mass is 32.2. The van der Waals surface area contributed by atoms with E-state index in [4.69, 9.17) is 9.47 Å². The number of fused-ring (bicyclic) bond motifs is 1. The number of benzene rings is 2. The van der Waals surface area contributed by atoms with Crippen LogP contribution in [0, 0.1) is 6.92 Å². The zero-order valence-corrected chi connectivity index (χ0v) is 21.3. The van der Waals surface area contributed by atoms with E-state index in [0.717, 1.165) is 38.5 Å². The van der Waals surface area contributed by atoms with E-state index in [0.29, 0.717) is 5.69 Å². The van der Waals surface area contributed by atoms with Crippen LogP contribution in [0.15, 0.2) is 47.4 Å². The maximum absolute atomic E-state index is 13.0. The number of nitrogens with one attached hydrogen (secondary N) is 3. The minimum Gasteiger partial charge on any atom is -0.465 e. The predicted octanol–water partition coefficient (Wildman–Crippen LogP) is 4.21. The summed E-state index contributed by atoms with van der Waals surface area (Å²) in [5.74, 6) is -2.32. The van der Waals surface area contributed by atoms with Gasteiger partial charge in [0.1, 0.15) is 5.69 Å². The first-order chi connectivity index (χ1) is 18.3. The standard InChI is InChI=1S/C25H20F3N3O7S/c1-12-16(20(23(33)37-2)21(29-12)24(34)38-3)11-18-17-10-15(8-9-19(17)30-22(18)32)39(35,36)31-14-6-4-13(5-7-14)25(26,27)28/h4-11,29,31H,1-3H3,(H,30,32). The third kappa shape index (κ3) is 5.23. The Kier molecular flexibility index (Phi) is 7.00. The summed E-state index contributed by atoms with van der Waals surface area (Å²) in [6.07, 6.45) is -3.27. The summed E-state index contributed by atoms with van der Waals surface area (Å²) in [5, 5.41) is 2.59. The second-order valence-corrected chi connectivity index (χ2v) is 9.98. The first-order valence-corrected chi connectivity index (χ1v) is 12.5. The molecule has 1 amide bonds. The molecule has 3 N–H and O–H groups in total. The Hall–Kier alpha value is -4.59. The van der Waals surface area contributed by atoms with Crippen LogP contribution in [0.25, 0.3) is 11.6 Å². The maximum Gasteiger partial charge on any atom is 0.416 e. The highest BCUT2D eigenvalue weighted by Crippen LogP contribution is 2.37. The van der Waals surface area contributed by atoms with Gasteiger partial charge in [0, 0.05) is 33.8 Å². The van der Waals surface area contributed by atoms with Crippen molar-refractivity contribution >= 4 is 50.9 Å². The molecule has 1 aliphatic rings. The number of methoxy groups -OCH3 is 2. The first kappa shape index (κ1) is 27.4. The maximum atomic E-state index is 13.0. The summed E-state index contributed by atoms with van der Waals surface area (Å²) in [6, 6.07) is 7.20. The summed E-state index contributed by atoms with van der Waals surface area (Å²) in [4.78, 5) is 40.0. The molecule has 1 aliphatic heterocycles. The Bertz CT molecular complexity index is 1640. The van der Waals surface area contributed by atoms with Crippen LogP contribution in [0.1, 0.15) is 43.2 Å². The molecule has 14 heteroatoms. The van der Waals surface area contributed by atoms with Gasteiger partial charge >= 0.3 is 18.1 Å². The monoisotopic (exact) mass is 563 g/mol. The van der Waals surface area contributed by atoms with Crippen LogP contribution >= 0.6 is 0 Å². The molecule has 0 spiro atoms. The molecule has 39 heavy (non-hydrogen) atoms. The fourth-order valence-corrected chi connectivity index (χ4v) is 5.04. The third-order valence-corrected chi connectivity index (χ3v) is 7.23. The Morgan fingerprint density at radius 2 is 1.64 bits per heavy atom. The van der Waals surface area contributed by atoms with E-state index in [2.05, 4.69) is 15.0 Å². The molecule has 10 nitrogen and oxygen atoms in total. The van der Waals surface area contributed by atoms with Crippen molar-refractivity contribution in [2.75, 3.05) is 24.3 Å². The van der Waals surface area contributed by atoms with E-state index in [1.54, 1.807) is 6.92 Å². The fraction of sp³-hybridized carbons (Fsp3) is 0.160. The van der Waals surface area contributed by atoms with Crippen LogP contribution < -0.4 is 10.0 Å². The van der Waals surface area contributed by atoms with E-state index < -0.39 is 39.6 Å². The number of rotatable bonds is 6. The van der Waals surface area contributed by atoms with E-state index in [-0.39, 0.29) is 44.2 Å². The number of halogens is 3. The van der Waals surface area contributed by atoms with Crippen molar-refractivity contribution in [3.63, 3.8) is 0 Å². The summed E-state index contributed by atoms with van der Waals surface area (Å²) in [7, 11) is -2.04. The van der Waals surface area contributed by atoms with Gasteiger partial charge in [0.05, 0.1) is 30.2 Å². The van der Waals surface area contributed by atoms with E-state index >= 15 is 0 Å². The molecule has 3 aromatic rings. The van der Waals surface area contributed by atoms with Crippen molar-refractivity contribution in [2.45, 2.75) is 18.0 Å². The molecule has 0 bridgehead atoms. The lowest BCUT2D eigenvalue weighted by Gasteiger charge is -2.11. The quantitative estimate of drug-likeness (QED) is 0.301. The van der Waals surface area contributed by atoms with Gasteiger partial charge in [0.25, 0.3) is 15.9 Å². The Morgan fingerprint density at radius 1 is 1.00 bits per heavy atom. The topological polar surface area (TPSA) is 144 Å². The lowest BCUT2D eigenvalue weighted by atomic mass is 10.0. The molecule has 4 rings (SSSR count). The number of carbonyl (C=O) groups excluding carboxylic acids is 3. The summed E-state index contributed by atoms with van der Waals surface area (Å²) >= 11 is 0. The van der Waals surface area contributed by atoms with E-state index in [1.165, 1.54) is 24.3 Å². The van der Waals surface area contributed by atoms with Gasteiger partial charge in [-0.15, -0.1) is 0 Å². The number of hydrogen-bond donors (Lipinski definition) is 3. The molecule has 204 valence electrons. The summed E-state index contributed by atoms with van der Waals surface area (Å²) in [5.41, 5.74) is -0.493. The summed E-state index contributed by atoms with van der Waals surface area (Å²) < 4.78 is 76.2. The number of hydrogen-bond acceptors (Lipinski definition) is 7. The van der Waals surface area contributed by atoms with Crippen molar-refractivity contribution in [3.8, 4) is 0 Å². The van der Waals surface area contributed by atoms with Gasteiger partial charge < -0.3 is 19.8 Å². The number of anilines is 2. The molecule has 2 aromatic carbocycles. The van der Waals surface area contributed by atoms with Gasteiger partial charge in [-0.3, -0.25) is 9.52 Å². The van der Waals surface area contributed by atoms with Crippen molar-refractivity contribution in [1.29, 1.82) is 0 Å². The summed E-state index contributed by atoms with van der Waals surface area (Å²) in [6.45, 7) is 1.55. The first-order valence-electron chi connectivity index (χ1n) is 11.0. The average Bonchev–Trinajstić information content (AvgIpc) is 3.38. The van der Waals surface area contributed by atoms with Gasteiger partial charge in [-0.05, 0) is 55.5 Å². The molecule has 0 radical (unpaired) electrons. The van der Waals surface area contributed by atoms with Crippen molar-refractivity contribution < 1.29 is 45.4 Å². The third-order valence-electron chi connectivity index (χ3n) is 5.85. The van der Waals surface area contributed by atoms with Crippen LogP contribution in [-0.2, 0) is 30.5 Å². The number of alkyl halides is 3. The minimum absolute atomic E-state index is 0.0137. The normalized spacial score (nSPS) is 14.1. The number of amides is 1. The SMILES string of the molecule is COC(=O)c1[nH]c(C)c(C=C2C(=O)Nc3ccc(S(=O)(=O)Nc4ccc(C(F)(F)F)cc4)cc32)c1C(=O)OC. The number of aryl methyl sites for hydroxylation is 1. The Labute approximate surface area is 219 Å². The molecule has 0 saturated carbocycles. The second kappa shape index (κ2) is 9.94. The van der Waals surface area contributed by atoms with Crippen molar-refractivity contribution in [3.05, 3.63) is 76.1 Å². The van der Waals surface area contributed by atoms with Gasteiger partial charge in [0.15, 0.2) is 0 Å². The van der Waals surface area contributed by atoms with E-state index in [1.807, 2.05) is 0 Å². The number of sulfonamides is 1. The van der Waals surface area contributed by atoms with Gasteiger partial charge in [-0.1, -0.05) is 0 Å². The van der Waals surface area contributed by atoms with Crippen LogP contribution in [0.4, 0.5) is 24.5 Å². The van der Waals surface area contributed by atoms with Gasteiger partial charge in [-0.2, -0.15) is 13.2 Å². The highest BCUT2D eigenvalue weighted by molar-refractivity contribution is 7.92. The number of aromatic nitrogens is 1. The molecule has 0 atom stereocenters. The molecule has 0 aliphatic carbocycles. The lowest BCUT2D eigenvalue weighted by molar-refractivity contribution is -0.137. The molecular weight excluding hydrogens is 543 g/mol. The van der Waals surface area contributed by atoms with Crippen LogP contribution in [-0.4, -0.2) is 45.5 Å². The highest BCUT2D eigenvalue weighted by Gasteiger charge is 2.32. The predicted molar refractivity (Wildman–Crippen MR) is 133 cm³/mol. The van der Waals surface area contributed by atoms with Crippen LogP contribution in [0.2, 0.25) is 0 Å². The van der Waals surface area contributed by atoms with Gasteiger partial charge in [-0.25, -0.2) is 18.0 Å². The number of ether oxygens (including phenoxy) is 2. The lowest BCUT2D eigenvalue weighted by Crippen LogP contribution is -2.13. The number of esters is 2. The van der Waals surface area contributed by atoms with Gasteiger partial charge in [0.2, 0.25) is 0 Å². The zero-order chi connectivity index (χ0) is 28.7. The second-order valence-electron chi connectivity index (χ2n) is 8.30. The number of H-pyrrole nitrogens is 1. The molecular formula is C25H20F3N3O7S. The minimum atomic E-state index is -4.58. The fourth-order valence-electron chi connectivity index (χ4n) is 3.95. The largest absolute Gasteiger partial charge is 0.465 e. The van der Waals surface area contributed by atoms with E-state index in [9.17, 15) is 36.0 Å². The van der Waals surface area contributed by atoms with Crippen molar-refractivity contribution in [2.24, 2.45) is 0 Å². The smallest absolute Gasteiger partial charge is 0.416 e. The number of aromatic amines is 1. The van der Waals surface area contributed by atoms with Crippen LogP contribution in [0.5, 0.6) is 0 Å². The molecule has 0 saturated heterocycles. The average molecular weight is 564 g/mol. The number of carbonyl (C=O) groups is 3.